The number of sulfonamides is 2. The van der Waals surface area contributed by atoms with Crippen molar-refractivity contribution >= 4 is 60.4 Å². The highest BCUT2D eigenvalue weighted by atomic mass is 35.5. The summed E-state index contributed by atoms with van der Waals surface area (Å²) in [6, 6.07) is 34.9. The minimum absolute atomic E-state index is 0.0744. The Labute approximate surface area is 360 Å². The van der Waals surface area contributed by atoms with Crippen LogP contribution in [-0.4, -0.2) is 62.0 Å². The first kappa shape index (κ1) is 41.6. The number of carbonyl (C=O) groups is 1. The number of nitrogens with one attached hydrogen (secondary N) is 2. The Morgan fingerprint density at radius 2 is 1.48 bits per heavy atom. The average molecular weight is 873 g/mol. The summed E-state index contributed by atoms with van der Waals surface area (Å²) in [6.45, 7) is 2.70. The van der Waals surface area contributed by atoms with E-state index in [4.69, 9.17) is 16.3 Å². The molecule has 2 aliphatic rings. The predicted octanol–water partition coefficient (Wildman–Crippen LogP) is 8.73. The Balaban J connectivity index is 1.13. The van der Waals surface area contributed by atoms with Crippen LogP contribution in [0.4, 0.5) is 22.7 Å². The van der Waals surface area contributed by atoms with E-state index in [0.717, 1.165) is 56.8 Å². The lowest BCUT2D eigenvalue weighted by Crippen LogP contribution is -2.41. The lowest BCUT2D eigenvalue weighted by atomic mass is 9.96. The molecule has 0 saturated carbocycles. The molecular formula is C46H41ClN6O6S2. The van der Waals surface area contributed by atoms with Crippen molar-refractivity contribution in [2.24, 2.45) is 0 Å². The molecule has 3 heterocycles. The number of carbonyl (C=O) groups excluding carboxylic acids is 1. The van der Waals surface area contributed by atoms with E-state index in [1.165, 1.54) is 14.9 Å². The lowest BCUT2D eigenvalue weighted by molar-refractivity contribution is -0.00765. The second kappa shape index (κ2) is 16.8. The van der Waals surface area contributed by atoms with Crippen molar-refractivity contribution in [2.45, 2.75) is 32.5 Å². The first-order valence-corrected chi connectivity index (χ1v) is 23.5. The van der Waals surface area contributed by atoms with Crippen molar-refractivity contribution in [1.29, 1.82) is 5.26 Å². The Morgan fingerprint density at radius 3 is 2.15 bits per heavy atom. The van der Waals surface area contributed by atoms with Crippen LogP contribution in [0, 0.1) is 18.3 Å². The Morgan fingerprint density at radius 1 is 0.803 bits per heavy atom. The average Bonchev–Trinajstić information content (AvgIpc) is 3.24. The summed E-state index contributed by atoms with van der Waals surface area (Å²) in [5.74, 6) is -0.743. The van der Waals surface area contributed by atoms with Crippen molar-refractivity contribution in [3.05, 3.63) is 159 Å². The van der Waals surface area contributed by atoms with Gasteiger partial charge < -0.3 is 15.4 Å². The van der Waals surface area contributed by atoms with E-state index >= 15 is 0 Å². The van der Waals surface area contributed by atoms with E-state index in [-0.39, 0.29) is 18.7 Å². The molecule has 2 N–H and O–H groups in total. The van der Waals surface area contributed by atoms with E-state index in [9.17, 15) is 26.9 Å². The van der Waals surface area contributed by atoms with Gasteiger partial charge in [0.05, 0.1) is 40.4 Å². The normalized spacial score (nSPS) is 15.6. The number of hydrogen-bond acceptors (Lipinski definition) is 10. The molecular weight excluding hydrogens is 832 g/mol. The molecule has 1 unspecified atom stereocenters. The van der Waals surface area contributed by atoms with Crippen LogP contribution >= 0.6 is 11.6 Å². The van der Waals surface area contributed by atoms with Crippen molar-refractivity contribution in [1.82, 2.24) is 13.6 Å². The molecule has 8 rings (SSSR count). The number of anilines is 4. The molecule has 6 aromatic rings. The second-order valence-electron chi connectivity index (χ2n) is 15.1. The van der Waals surface area contributed by atoms with Gasteiger partial charge in [0.15, 0.2) is 6.23 Å². The number of nitrogens with zero attached hydrogens (tertiary/aromatic N) is 4. The number of benzene rings is 5. The molecule has 5 aromatic carbocycles. The Bertz CT molecular complexity index is 2960. The molecule has 0 fully saturated rings. The third-order valence-electron chi connectivity index (χ3n) is 11.0. The molecule has 61 heavy (non-hydrogen) atoms. The number of rotatable bonds is 10. The van der Waals surface area contributed by atoms with Crippen LogP contribution in [0.1, 0.15) is 50.0 Å². The lowest BCUT2D eigenvalue weighted by Gasteiger charge is -2.35. The topological polar surface area (TPSA) is 162 Å². The highest BCUT2D eigenvalue weighted by molar-refractivity contribution is 7.88. The van der Waals surface area contributed by atoms with Crippen LogP contribution in [-0.2, 0) is 44.2 Å². The fourth-order valence-electron chi connectivity index (χ4n) is 7.92. The van der Waals surface area contributed by atoms with Crippen LogP contribution in [0.2, 0.25) is 5.02 Å². The van der Waals surface area contributed by atoms with Crippen LogP contribution in [0.15, 0.2) is 115 Å². The summed E-state index contributed by atoms with van der Waals surface area (Å²) in [5, 5.41) is 17.0. The minimum atomic E-state index is -3.85. The molecule has 0 bridgehead atoms. The zero-order chi connectivity index (χ0) is 43.1. The zero-order valence-electron chi connectivity index (χ0n) is 33.5. The number of pyridine rings is 1. The van der Waals surface area contributed by atoms with E-state index in [0.29, 0.717) is 52.4 Å². The number of aromatic nitrogens is 1. The van der Waals surface area contributed by atoms with Gasteiger partial charge >= 0.3 is 5.97 Å². The van der Waals surface area contributed by atoms with Crippen LogP contribution < -0.4 is 10.6 Å². The largest absolute Gasteiger partial charge is 0.437 e. The molecule has 0 saturated heterocycles. The van der Waals surface area contributed by atoms with E-state index in [1.807, 2.05) is 61.5 Å². The van der Waals surface area contributed by atoms with E-state index in [1.54, 1.807) is 60.8 Å². The van der Waals surface area contributed by atoms with Crippen LogP contribution in [0.25, 0.3) is 22.4 Å². The third kappa shape index (κ3) is 8.88. The molecule has 1 aromatic heterocycles. The summed E-state index contributed by atoms with van der Waals surface area (Å²) < 4.78 is 60.1. The van der Waals surface area contributed by atoms with Crippen molar-refractivity contribution in [2.75, 3.05) is 36.2 Å². The highest BCUT2D eigenvalue weighted by Crippen LogP contribution is 2.40. The quantitative estimate of drug-likeness (QED) is 0.127. The molecule has 2 aliphatic heterocycles. The maximum atomic E-state index is 14.5. The first-order valence-electron chi connectivity index (χ1n) is 19.4. The molecule has 12 nitrogen and oxygen atoms in total. The fourth-order valence-corrected chi connectivity index (χ4v) is 9.76. The zero-order valence-corrected chi connectivity index (χ0v) is 35.9. The SMILES string of the molecule is Cc1ccc(Nc2cccc3c2CCN(S(C)(=O)=O)C3OC(=O)c2ccc(Nc3cccc4c3CCN(S(C)(=O)=O)C4)cc2-c2ccc(C#N)cc2)cc1-c1ccc(Cl)cn1. The van der Waals surface area contributed by atoms with Gasteiger partial charge in [0.1, 0.15) is 0 Å². The molecule has 310 valence electrons. The van der Waals surface area contributed by atoms with Gasteiger partial charge in [-0.15, -0.1) is 0 Å². The number of ether oxygens (including phenoxy) is 1. The summed E-state index contributed by atoms with van der Waals surface area (Å²) in [4.78, 5) is 19.0. The van der Waals surface area contributed by atoms with Gasteiger partial charge in [0, 0.05) is 59.7 Å². The van der Waals surface area contributed by atoms with Gasteiger partial charge in [-0.3, -0.25) is 4.98 Å². The standard InChI is InChI=1S/C46H41ClN6O6S2/c1-29-10-16-34(24-40(29)42-19-15-33(47)27-49-42)51-44-9-5-7-38-37(44)21-23-53(61(3,57)58)45(38)59-46(54)39-18-17-35(25-41(39)31-13-11-30(26-48)12-14-31)50-43-8-4-6-32-28-52(60(2,55)56)22-20-36(32)43/h4-19,24-25,27,45,50-51H,20-23,28H2,1-3H3. The first-order chi connectivity index (χ1) is 29.2. The summed E-state index contributed by atoms with van der Waals surface area (Å²) >= 11 is 6.10. The maximum absolute atomic E-state index is 14.5. The molecule has 0 amide bonds. The van der Waals surface area contributed by atoms with Crippen LogP contribution in [0.3, 0.4) is 0 Å². The van der Waals surface area contributed by atoms with Gasteiger partial charge in [-0.25, -0.2) is 21.6 Å². The Hall–Kier alpha value is -6.08. The van der Waals surface area contributed by atoms with Gasteiger partial charge in [-0.2, -0.15) is 13.9 Å². The van der Waals surface area contributed by atoms with Gasteiger partial charge in [-0.05, 0) is 120 Å². The molecule has 0 aliphatic carbocycles. The number of fused-ring (bicyclic) bond motifs is 2. The van der Waals surface area contributed by atoms with Crippen molar-refractivity contribution in [3.8, 4) is 28.5 Å². The van der Waals surface area contributed by atoms with Gasteiger partial charge in [0.25, 0.3) is 0 Å². The summed E-state index contributed by atoms with van der Waals surface area (Å²) in [7, 11) is -7.21. The molecule has 15 heteroatoms. The minimum Gasteiger partial charge on any atom is -0.437 e. The fraction of sp³-hybridized carbons (Fsp3) is 0.196. The number of esters is 1. The monoisotopic (exact) mass is 872 g/mol. The predicted molar refractivity (Wildman–Crippen MR) is 238 cm³/mol. The van der Waals surface area contributed by atoms with E-state index in [2.05, 4.69) is 21.7 Å². The number of nitriles is 1. The van der Waals surface area contributed by atoms with Gasteiger partial charge in [0.2, 0.25) is 20.0 Å². The second-order valence-corrected chi connectivity index (χ2v) is 19.5. The number of hydrogen-bond donors (Lipinski definition) is 2. The maximum Gasteiger partial charge on any atom is 0.340 e. The summed E-state index contributed by atoms with van der Waals surface area (Å²) in [5.41, 5.74) is 10.7. The highest BCUT2D eigenvalue weighted by Gasteiger charge is 2.38. The van der Waals surface area contributed by atoms with E-state index < -0.39 is 32.2 Å². The number of halogens is 1. The summed E-state index contributed by atoms with van der Waals surface area (Å²) in [6.07, 6.45) is 3.53. The number of aryl methyl sites for hydroxylation is 1. The van der Waals surface area contributed by atoms with Gasteiger partial charge in [-0.1, -0.05) is 54.1 Å². The molecule has 0 spiro atoms. The molecule has 0 radical (unpaired) electrons. The Kier molecular flexibility index (Phi) is 11.4. The smallest absolute Gasteiger partial charge is 0.340 e. The van der Waals surface area contributed by atoms with Crippen LogP contribution in [0.5, 0.6) is 0 Å². The molecule has 1 atom stereocenters. The third-order valence-corrected chi connectivity index (χ3v) is 13.7. The van der Waals surface area contributed by atoms with Crippen molar-refractivity contribution in [3.63, 3.8) is 0 Å². The van der Waals surface area contributed by atoms with Crippen molar-refractivity contribution < 1.29 is 26.4 Å².